The molecule has 0 saturated carbocycles. The molecule has 0 aliphatic carbocycles. The van der Waals surface area contributed by atoms with E-state index in [2.05, 4.69) is 0 Å². The van der Waals surface area contributed by atoms with Gasteiger partial charge in [0, 0.05) is 0 Å². The summed E-state index contributed by atoms with van der Waals surface area (Å²) in [5.41, 5.74) is 0. The van der Waals surface area contributed by atoms with Crippen molar-refractivity contribution in [1.29, 1.82) is 0 Å². The van der Waals surface area contributed by atoms with E-state index in [9.17, 15) is 8.42 Å². The molecule has 0 aliphatic heterocycles. The van der Waals surface area contributed by atoms with Crippen LogP contribution in [-0.4, -0.2) is 14.7 Å². The standard InChI is InChI=1S/C2Cl6O2S.HO2S/c3-1(4,5)11(9,10)2(6,7)8;1-3-2/h;3H/q;-1. The van der Waals surface area contributed by atoms with Gasteiger partial charge in [0.1, 0.15) is 0 Å². The predicted octanol–water partition coefficient (Wildman–Crippen LogP) is 2.55. The third-order valence-electron chi connectivity index (χ3n) is 0.609. The molecule has 0 radical (unpaired) electrons. The second-order valence-corrected chi connectivity index (χ2v) is 9.76. The predicted molar refractivity (Wildman–Crippen MR) is 59.6 cm³/mol. The quantitative estimate of drug-likeness (QED) is 0.376. The SMILES string of the molecule is O=S(=O)(C(Cl)(Cl)Cl)C(Cl)(Cl)Cl.O=[SH-]=O. The number of halogens is 6. The van der Waals surface area contributed by atoms with Crippen molar-refractivity contribution in [3.05, 3.63) is 0 Å². The second kappa shape index (κ2) is 6.39. The minimum Gasteiger partial charge on any atom is -0.427 e. The van der Waals surface area contributed by atoms with E-state index in [-0.39, 0.29) is 0 Å². The van der Waals surface area contributed by atoms with Crippen LogP contribution in [0.15, 0.2) is 0 Å². The molecule has 0 aliphatic rings. The zero-order valence-corrected chi connectivity index (χ0v) is 12.0. The molecule has 12 heteroatoms. The first-order chi connectivity index (χ1) is 5.91. The van der Waals surface area contributed by atoms with E-state index < -0.39 is 27.7 Å². The topological polar surface area (TPSA) is 68.3 Å². The largest absolute Gasteiger partial charge is 0.427 e. The van der Waals surface area contributed by atoms with Crippen LogP contribution in [0.5, 0.6) is 0 Å². The van der Waals surface area contributed by atoms with E-state index in [4.69, 9.17) is 78.0 Å². The highest BCUT2D eigenvalue weighted by Gasteiger charge is 2.52. The van der Waals surface area contributed by atoms with Gasteiger partial charge in [-0.3, -0.25) is 0 Å². The lowest BCUT2D eigenvalue weighted by Crippen LogP contribution is -2.31. The van der Waals surface area contributed by atoms with Crippen molar-refractivity contribution in [2.45, 2.75) is 6.25 Å². The third kappa shape index (κ3) is 5.65. The smallest absolute Gasteiger partial charge is 0.296 e. The minimum absolute atomic E-state index is 1.08. The van der Waals surface area contributed by atoms with Gasteiger partial charge in [-0.05, 0) is 0 Å². The molecule has 0 heterocycles. The molecular weight excluding hydrogens is 365 g/mol. The van der Waals surface area contributed by atoms with Crippen LogP contribution in [0.25, 0.3) is 0 Å². The number of hydrogen-bond acceptors (Lipinski definition) is 5. The van der Waals surface area contributed by atoms with Crippen LogP contribution in [0.1, 0.15) is 0 Å². The molecule has 0 fully saturated rings. The molecular formula is C2HCl6O4S2-. The van der Waals surface area contributed by atoms with Crippen molar-refractivity contribution in [3.63, 3.8) is 0 Å². The van der Waals surface area contributed by atoms with Crippen molar-refractivity contribution in [2.75, 3.05) is 0 Å². The molecule has 0 rings (SSSR count). The Kier molecular flexibility index (Phi) is 8.23. The Morgan fingerprint density at radius 2 is 0.929 bits per heavy atom. The van der Waals surface area contributed by atoms with Gasteiger partial charge in [0.25, 0.3) is 6.25 Å². The zero-order chi connectivity index (χ0) is 12.2. The summed E-state index contributed by atoms with van der Waals surface area (Å²) in [4.78, 5) is 0. The first kappa shape index (κ1) is 18.0. The molecule has 0 atom stereocenters. The molecule has 88 valence electrons. The molecule has 4 nitrogen and oxygen atoms in total. The summed E-state index contributed by atoms with van der Waals surface area (Å²) in [7, 11) is -4.42. The lowest BCUT2D eigenvalue weighted by molar-refractivity contribution is 0.541. The van der Waals surface area contributed by atoms with Crippen molar-refractivity contribution in [1.82, 2.24) is 0 Å². The first-order valence-corrected chi connectivity index (χ1v) is 6.72. The van der Waals surface area contributed by atoms with Gasteiger partial charge in [-0.1, -0.05) is 81.2 Å². The Morgan fingerprint density at radius 1 is 0.786 bits per heavy atom. The van der Waals surface area contributed by atoms with Crippen LogP contribution >= 0.6 is 69.6 Å². The summed E-state index contributed by atoms with van der Waals surface area (Å²) in [6.07, 6.45) is 0. The molecule has 0 aromatic heterocycles. The highest BCUT2D eigenvalue weighted by atomic mass is 35.6. The Morgan fingerprint density at radius 3 is 0.929 bits per heavy atom. The fraction of sp³-hybridized carbons (Fsp3) is 1.00. The van der Waals surface area contributed by atoms with Crippen molar-refractivity contribution in [2.24, 2.45) is 0 Å². The molecule has 0 amide bonds. The first-order valence-electron chi connectivity index (χ1n) is 2.24. The summed E-state index contributed by atoms with van der Waals surface area (Å²) >= 11 is 28.9. The highest BCUT2D eigenvalue weighted by Crippen LogP contribution is 2.46. The van der Waals surface area contributed by atoms with E-state index in [0.717, 1.165) is 0 Å². The zero-order valence-electron chi connectivity index (χ0n) is 5.76. The van der Waals surface area contributed by atoms with E-state index in [1.165, 1.54) is 0 Å². The second-order valence-electron chi connectivity index (χ2n) is 1.47. The Balaban J connectivity index is 0. The van der Waals surface area contributed by atoms with Crippen LogP contribution in [0.4, 0.5) is 0 Å². The van der Waals surface area contributed by atoms with Crippen molar-refractivity contribution < 1.29 is 16.8 Å². The lowest BCUT2D eigenvalue weighted by atomic mass is 11.8. The Bertz CT molecular complexity index is 284. The maximum atomic E-state index is 10.9. The molecule has 0 N–H and O–H groups in total. The van der Waals surface area contributed by atoms with Gasteiger partial charge >= 0.3 is 0 Å². The van der Waals surface area contributed by atoms with Gasteiger partial charge in [-0.15, -0.1) is 0 Å². The van der Waals surface area contributed by atoms with Crippen molar-refractivity contribution >= 4 is 91.0 Å². The lowest BCUT2D eigenvalue weighted by Gasteiger charge is -2.17. The fourth-order valence-corrected chi connectivity index (χ4v) is 3.54. The van der Waals surface area contributed by atoms with Crippen LogP contribution in [0.2, 0.25) is 0 Å². The molecule has 0 aromatic rings. The van der Waals surface area contributed by atoms with E-state index in [1.54, 1.807) is 0 Å². The summed E-state index contributed by atoms with van der Waals surface area (Å²) in [5.74, 6) is 0. The summed E-state index contributed by atoms with van der Waals surface area (Å²) in [5, 5.41) is 0. The van der Waals surface area contributed by atoms with Crippen LogP contribution in [0.3, 0.4) is 0 Å². The fourth-order valence-electron chi connectivity index (χ4n) is 0.131. The summed E-state index contributed by atoms with van der Waals surface area (Å²) in [6, 6.07) is 0. The number of rotatable bonds is 0. The number of alkyl halides is 6. The van der Waals surface area contributed by atoms with Crippen molar-refractivity contribution in [3.8, 4) is 0 Å². The molecule has 0 saturated heterocycles. The van der Waals surface area contributed by atoms with E-state index in [0.29, 0.717) is 0 Å². The Labute approximate surface area is 113 Å². The van der Waals surface area contributed by atoms with Gasteiger partial charge in [0.15, 0.2) is 0 Å². The molecule has 0 bridgehead atoms. The summed E-state index contributed by atoms with van der Waals surface area (Å²) < 4.78 is 33.2. The monoisotopic (exact) mass is 363 g/mol. The molecule has 0 aromatic carbocycles. The van der Waals surface area contributed by atoms with Gasteiger partial charge in [0.2, 0.25) is 9.84 Å². The maximum absolute atomic E-state index is 10.9. The van der Waals surface area contributed by atoms with Gasteiger partial charge in [-0.2, -0.15) is 0 Å². The van der Waals surface area contributed by atoms with Gasteiger partial charge < -0.3 is 8.42 Å². The maximum Gasteiger partial charge on any atom is 0.296 e. The van der Waals surface area contributed by atoms with E-state index in [1.807, 2.05) is 0 Å². The minimum atomic E-state index is -4.42. The average Bonchev–Trinajstić information content (AvgIpc) is 1.83. The summed E-state index contributed by atoms with van der Waals surface area (Å²) in [6.45, 7) is 0. The highest BCUT2D eigenvalue weighted by molar-refractivity contribution is 8.02. The van der Waals surface area contributed by atoms with E-state index >= 15 is 0 Å². The average molecular weight is 366 g/mol. The third-order valence-corrected chi connectivity index (χ3v) is 5.48. The molecule has 14 heavy (non-hydrogen) atoms. The van der Waals surface area contributed by atoms with Crippen LogP contribution in [-0.2, 0) is 29.8 Å². The molecule has 0 spiro atoms. The number of hydrogen-bond donors (Lipinski definition) is 0. The van der Waals surface area contributed by atoms with Gasteiger partial charge in [0.05, 0.1) is 0 Å². The Hall–Kier alpha value is 1.64. The molecule has 0 unspecified atom stereocenters. The number of thiol groups is 1. The normalized spacial score (nSPS) is 13.0. The van der Waals surface area contributed by atoms with Crippen LogP contribution < -0.4 is 0 Å². The number of sulfone groups is 1. The van der Waals surface area contributed by atoms with Crippen LogP contribution in [0, 0.1) is 0 Å². The van der Waals surface area contributed by atoms with Gasteiger partial charge in [-0.25, -0.2) is 8.42 Å².